The summed E-state index contributed by atoms with van der Waals surface area (Å²) in [6.07, 6.45) is 0.523. The van der Waals surface area contributed by atoms with Crippen molar-refractivity contribution in [2.24, 2.45) is 5.73 Å². The average Bonchev–Trinajstić information content (AvgIpc) is 2.95. The van der Waals surface area contributed by atoms with Crippen molar-refractivity contribution in [3.63, 3.8) is 0 Å². The van der Waals surface area contributed by atoms with E-state index in [1.54, 1.807) is 16.8 Å². The number of hydrogen-bond acceptors (Lipinski definition) is 4. The van der Waals surface area contributed by atoms with Gasteiger partial charge in [0.25, 0.3) is 0 Å². The zero-order valence-electron chi connectivity index (χ0n) is 11.3. The number of carbonyl (C=O) groups excluding carboxylic acids is 1. The molecule has 1 aromatic heterocycles. The van der Waals surface area contributed by atoms with Gasteiger partial charge in [0.15, 0.2) is 0 Å². The monoisotopic (exact) mass is 297 g/mol. The van der Waals surface area contributed by atoms with Gasteiger partial charge in [-0.15, -0.1) is 11.3 Å². The molecule has 1 atom stereocenters. The third-order valence-electron chi connectivity index (χ3n) is 3.23. The molecule has 3 N–H and O–H groups in total. The summed E-state index contributed by atoms with van der Waals surface area (Å²) in [5, 5.41) is 2.86. The molecule has 1 heterocycles. The van der Waals surface area contributed by atoms with Gasteiger partial charge in [-0.2, -0.15) is 0 Å². The van der Waals surface area contributed by atoms with Gasteiger partial charge in [-0.05, 0) is 30.2 Å². The third kappa shape index (κ3) is 3.26. The fourth-order valence-electron chi connectivity index (χ4n) is 2.13. The van der Waals surface area contributed by atoms with Gasteiger partial charge >= 0.3 is 0 Å². The lowest BCUT2D eigenvalue weighted by Gasteiger charge is -2.12. The zero-order chi connectivity index (χ0) is 14.7. The Hall–Kier alpha value is -2.24. The first-order chi connectivity index (χ1) is 10.2. The molecule has 0 fully saturated rings. The van der Waals surface area contributed by atoms with Gasteiger partial charge in [0.05, 0.1) is 21.8 Å². The highest BCUT2D eigenvalue weighted by atomic mass is 32.1. The van der Waals surface area contributed by atoms with Crippen molar-refractivity contribution in [3.8, 4) is 0 Å². The Balaban J connectivity index is 1.67. The smallest absolute Gasteiger partial charge is 0.241 e. The number of amides is 1. The van der Waals surface area contributed by atoms with Crippen molar-refractivity contribution in [2.75, 3.05) is 5.32 Å². The maximum atomic E-state index is 12.1. The number of thiazole rings is 1. The Labute approximate surface area is 126 Å². The second kappa shape index (κ2) is 6.03. The first-order valence-corrected chi connectivity index (χ1v) is 7.54. The predicted octanol–water partition coefficient (Wildman–Crippen LogP) is 2.80. The molecular formula is C16H15N3OS. The average molecular weight is 297 g/mol. The van der Waals surface area contributed by atoms with E-state index in [-0.39, 0.29) is 5.91 Å². The predicted molar refractivity (Wildman–Crippen MR) is 86.4 cm³/mol. The molecule has 0 saturated heterocycles. The number of hydrogen-bond donors (Lipinski definition) is 2. The van der Waals surface area contributed by atoms with E-state index in [1.165, 1.54) is 0 Å². The third-order valence-corrected chi connectivity index (χ3v) is 4.03. The second-order valence-electron chi connectivity index (χ2n) is 4.82. The van der Waals surface area contributed by atoms with Gasteiger partial charge in [0.1, 0.15) is 0 Å². The van der Waals surface area contributed by atoms with Crippen LogP contribution in [0.3, 0.4) is 0 Å². The zero-order valence-corrected chi connectivity index (χ0v) is 12.1. The molecule has 0 aliphatic heterocycles. The molecule has 3 aromatic rings. The second-order valence-corrected chi connectivity index (χ2v) is 5.71. The van der Waals surface area contributed by atoms with Crippen molar-refractivity contribution in [2.45, 2.75) is 12.5 Å². The van der Waals surface area contributed by atoms with E-state index in [2.05, 4.69) is 10.3 Å². The number of carbonyl (C=O) groups is 1. The maximum Gasteiger partial charge on any atom is 0.241 e. The van der Waals surface area contributed by atoms with E-state index in [9.17, 15) is 4.79 Å². The van der Waals surface area contributed by atoms with Crippen LogP contribution >= 0.6 is 11.3 Å². The summed E-state index contributed by atoms with van der Waals surface area (Å²) >= 11 is 1.55. The minimum Gasteiger partial charge on any atom is -0.325 e. The molecule has 0 saturated carbocycles. The van der Waals surface area contributed by atoms with E-state index in [0.717, 1.165) is 21.5 Å². The highest BCUT2D eigenvalue weighted by Crippen LogP contribution is 2.21. The van der Waals surface area contributed by atoms with E-state index in [4.69, 9.17) is 5.73 Å². The molecule has 4 nitrogen and oxygen atoms in total. The Kier molecular flexibility index (Phi) is 3.94. The highest BCUT2D eigenvalue weighted by molar-refractivity contribution is 7.16. The molecule has 0 radical (unpaired) electrons. The van der Waals surface area contributed by atoms with Crippen LogP contribution in [0.4, 0.5) is 5.69 Å². The Morgan fingerprint density at radius 1 is 1.24 bits per heavy atom. The van der Waals surface area contributed by atoms with Crippen molar-refractivity contribution in [1.29, 1.82) is 0 Å². The van der Waals surface area contributed by atoms with E-state index >= 15 is 0 Å². The largest absolute Gasteiger partial charge is 0.325 e. The molecule has 0 unspecified atom stereocenters. The van der Waals surface area contributed by atoms with Crippen LogP contribution < -0.4 is 11.1 Å². The van der Waals surface area contributed by atoms with Crippen LogP contribution in [0.5, 0.6) is 0 Å². The van der Waals surface area contributed by atoms with Crippen LogP contribution in [-0.4, -0.2) is 16.9 Å². The Bertz CT molecular complexity index is 754. The van der Waals surface area contributed by atoms with Gasteiger partial charge in [-0.25, -0.2) is 4.98 Å². The molecule has 5 heteroatoms. The number of benzene rings is 2. The van der Waals surface area contributed by atoms with Gasteiger partial charge < -0.3 is 11.1 Å². The van der Waals surface area contributed by atoms with Crippen molar-refractivity contribution in [1.82, 2.24) is 4.98 Å². The summed E-state index contributed by atoms with van der Waals surface area (Å²) in [5.74, 6) is -0.178. The van der Waals surface area contributed by atoms with E-state index in [0.29, 0.717) is 6.42 Å². The summed E-state index contributed by atoms with van der Waals surface area (Å²) in [6.45, 7) is 0. The molecule has 0 bridgehead atoms. The van der Waals surface area contributed by atoms with Crippen LogP contribution in [0.25, 0.3) is 10.2 Å². The molecule has 0 aliphatic carbocycles. The van der Waals surface area contributed by atoms with Crippen LogP contribution in [0.2, 0.25) is 0 Å². The lowest BCUT2D eigenvalue weighted by Crippen LogP contribution is -2.37. The Morgan fingerprint density at radius 3 is 2.86 bits per heavy atom. The molecule has 1 amide bonds. The topological polar surface area (TPSA) is 68.0 Å². The van der Waals surface area contributed by atoms with E-state index in [1.807, 2.05) is 48.5 Å². The first kappa shape index (κ1) is 13.7. The normalized spacial score (nSPS) is 12.2. The van der Waals surface area contributed by atoms with Crippen LogP contribution in [0.1, 0.15) is 5.56 Å². The van der Waals surface area contributed by atoms with E-state index < -0.39 is 6.04 Å². The fourth-order valence-corrected chi connectivity index (χ4v) is 2.84. The fraction of sp³-hybridized carbons (Fsp3) is 0.125. The lowest BCUT2D eigenvalue weighted by atomic mass is 10.1. The molecule has 2 aromatic carbocycles. The Morgan fingerprint density at radius 2 is 2.05 bits per heavy atom. The lowest BCUT2D eigenvalue weighted by molar-refractivity contribution is -0.117. The van der Waals surface area contributed by atoms with Gasteiger partial charge in [-0.1, -0.05) is 30.3 Å². The number of anilines is 1. The van der Waals surface area contributed by atoms with Crippen LogP contribution in [0, 0.1) is 0 Å². The molecule has 3 rings (SSSR count). The summed E-state index contributed by atoms with van der Waals surface area (Å²) in [4.78, 5) is 16.4. The van der Waals surface area contributed by atoms with Crippen LogP contribution in [0.15, 0.2) is 54.0 Å². The summed E-state index contributed by atoms with van der Waals surface area (Å²) in [5.41, 5.74) is 10.5. The van der Waals surface area contributed by atoms with Crippen molar-refractivity contribution in [3.05, 3.63) is 59.6 Å². The SMILES string of the molecule is N[C@@H](Cc1ccccc1)C(=O)Nc1ccc2ncsc2c1. The molecule has 21 heavy (non-hydrogen) atoms. The minimum absolute atomic E-state index is 0.178. The van der Waals surface area contributed by atoms with Gasteiger partial charge in [-0.3, -0.25) is 4.79 Å². The molecule has 106 valence electrons. The maximum absolute atomic E-state index is 12.1. The molecular weight excluding hydrogens is 282 g/mol. The summed E-state index contributed by atoms with van der Waals surface area (Å²) in [7, 11) is 0. The number of rotatable bonds is 4. The summed E-state index contributed by atoms with van der Waals surface area (Å²) < 4.78 is 1.05. The van der Waals surface area contributed by atoms with Crippen molar-refractivity contribution < 1.29 is 4.79 Å². The number of nitrogens with zero attached hydrogens (tertiary/aromatic N) is 1. The highest BCUT2D eigenvalue weighted by Gasteiger charge is 2.14. The van der Waals surface area contributed by atoms with Gasteiger partial charge in [0, 0.05) is 5.69 Å². The number of nitrogens with two attached hydrogens (primary N) is 1. The number of nitrogens with one attached hydrogen (secondary N) is 1. The van der Waals surface area contributed by atoms with Crippen molar-refractivity contribution >= 4 is 33.1 Å². The first-order valence-electron chi connectivity index (χ1n) is 6.66. The summed E-state index contributed by atoms with van der Waals surface area (Å²) in [6, 6.07) is 14.9. The standard InChI is InChI=1S/C16H15N3OS/c17-13(8-11-4-2-1-3-5-11)16(20)19-12-6-7-14-15(9-12)21-10-18-14/h1-7,9-10,13H,8,17H2,(H,19,20)/t13-/m0/s1. The number of fused-ring (bicyclic) bond motifs is 1. The van der Waals surface area contributed by atoms with Crippen LogP contribution in [-0.2, 0) is 11.2 Å². The minimum atomic E-state index is -0.565. The molecule has 0 aliphatic rings. The number of aromatic nitrogens is 1. The quantitative estimate of drug-likeness (QED) is 0.778. The van der Waals surface area contributed by atoms with Gasteiger partial charge in [0.2, 0.25) is 5.91 Å². The molecule has 0 spiro atoms.